The van der Waals surface area contributed by atoms with E-state index in [-0.39, 0.29) is 18.9 Å². The Hall–Kier alpha value is -1.58. The van der Waals surface area contributed by atoms with Gasteiger partial charge in [0.05, 0.1) is 9.93 Å². The van der Waals surface area contributed by atoms with E-state index in [2.05, 4.69) is 4.98 Å². The van der Waals surface area contributed by atoms with E-state index >= 15 is 0 Å². The van der Waals surface area contributed by atoms with E-state index in [4.69, 9.17) is 40.5 Å². The Morgan fingerprint density at radius 3 is 2.86 bits per heavy atom. The van der Waals surface area contributed by atoms with Crippen LogP contribution in [0.2, 0.25) is 10.0 Å². The van der Waals surface area contributed by atoms with Gasteiger partial charge in [-0.2, -0.15) is 0 Å². The van der Waals surface area contributed by atoms with Crippen LogP contribution in [-0.2, 0) is 9.59 Å². The average molecular weight is 485 g/mol. The molecule has 3 rings (SSSR count). The molecule has 0 spiro atoms. The summed E-state index contributed by atoms with van der Waals surface area (Å²) in [6.07, 6.45) is 3.75. The van der Waals surface area contributed by atoms with E-state index in [1.54, 1.807) is 30.5 Å². The van der Waals surface area contributed by atoms with Crippen molar-refractivity contribution in [1.82, 2.24) is 9.88 Å². The van der Waals surface area contributed by atoms with E-state index in [0.717, 1.165) is 10.5 Å². The zero-order valence-corrected chi connectivity index (χ0v) is 18.8. The van der Waals surface area contributed by atoms with Crippen LogP contribution in [0.25, 0.3) is 6.08 Å². The van der Waals surface area contributed by atoms with Crippen molar-refractivity contribution in [3.8, 4) is 0 Å². The quantitative estimate of drug-likeness (QED) is 0.404. The van der Waals surface area contributed by atoms with Crippen molar-refractivity contribution in [2.75, 3.05) is 6.54 Å². The van der Waals surface area contributed by atoms with E-state index in [0.29, 0.717) is 30.7 Å². The molecule has 1 amide bonds. The number of rotatable bonds is 7. The summed E-state index contributed by atoms with van der Waals surface area (Å²) in [5, 5.41) is 10.5. The molecule has 2 aromatic rings. The van der Waals surface area contributed by atoms with Crippen LogP contribution in [0, 0.1) is 0 Å². The highest BCUT2D eigenvalue weighted by Gasteiger charge is 2.31. The van der Waals surface area contributed by atoms with Crippen molar-refractivity contribution < 1.29 is 14.7 Å². The fourth-order valence-corrected chi connectivity index (χ4v) is 5.17. The molecule has 29 heavy (non-hydrogen) atoms. The van der Waals surface area contributed by atoms with Gasteiger partial charge < -0.3 is 5.11 Å². The number of hydrogen-bond donors (Lipinski definition) is 1. The first-order valence-corrected chi connectivity index (χ1v) is 11.2. The van der Waals surface area contributed by atoms with E-state index in [1.165, 1.54) is 28.4 Å². The minimum absolute atomic E-state index is 0.0125. The number of carbonyl (C=O) groups excluding carboxylic acids is 1. The first-order chi connectivity index (χ1) is 13.8. The minimum Gasteiger partial charge on any atom is -0.481 e. The van der Waals surface area contributed by atoms with Crippen molar-refractivity contribution in [3.05, 3.63) is 57.0 Å². The fourth-order valence-electron chi connectivity index (χ4n) is 2.48. The van der Waals surface area contributed by atoms with Gasteiger partial charge in [0.15, 0.2) is 0 Å². The topological polar surface area (TPSA) is 70.5 Å². The second kappa shape index (κ2) is 9.95. The minimum atomic E-state index is -0.899. The van der Waals surface area contributed by atoms with Gasteiger partial charge in [-0.15, -0.1) is 0 Å². The van der Waals surface area contributed by atoms with Gasteiger partial charge in [0.25, 0.3) is 5.91 Å². The predicted molar refractivity (Wildman–Crippen MR) is 122 cm³/mol. The zero-order valence-electron chi connectivity index (χ0n) is 14.8. The SMILES string of the molecule is O=C(O)CCCN1C(=O)/C(=C/c2cccnc2Sc2ccc(Cl)cc2Cl)SC1=S. The van der Waals surface area contributed by atoms with Gasteiger partial charge in [0, 0.05) is 34.6 Å². The highest BCUT2D eigenvalue weighted by atomic mass is 35.5. The second-order valence-corrected chi connectivity index (χ2v) is 9.46. The highest BCUT2D eigenvalue weighted by molar-refractivity contribution is 8.26. The van der Waals surface area contributed by atoms with Crippen LogP contribution in [0.3, 0.4) is 0 Å². The lowest BCUT2D eigenvalue weighted by Crippen LogP contribution is -2.29. The molecule has 1 aromatic heterocycles. The molecule has 1 saturated heterocycles. The van der Waals surface area contributed by atoms with Crippen LogP contribution in [0.5, 0.6) is 0 Å². The zero-order chi connectivity index (χ0) is 21.0. The summed E-state index contributed by atoms with van der Waals surface area (Å²) in [7, 11) is 0. The number of halogens is 2. The Morgan fingerprint density at radius 2 is 2.14 bits per heavy atom. The molecule has 1 N–H and O–H groups in total. The first-order valence-electron chi connectivity index (χ1n) is 8.40. The van der Waals surface area contributed by atoms with Crippen LogP contribution in [-0.4, -0.2) is 37.7 Å². The second-order valence-electron chi connectivity index (χ2n) is 5.91. The maximum absolute atomic E-state index is 12.7. The lowest BCUT2D eigenvalue weighted by Gasteiger charge is -2.13. The number of carbonyl (C=O) groups is 2. The van der Waals surface area contributed by atoms with Crippen molar-refractivity contribution in [2.24, 2.45) is 0 Å². The summed E-state index contributed by atoms with van der Waals surface area (Å²) in [4.78, 5) is 30.5. The van der Waals surface area contributed by atoms with Gasteiger partial charge in [0.1, 0.15) is 9.35 Å². The maximum atomic E-state index is 12.7. The van der Waals surface area contributed by atoms with Gasteiger partial charge in [-0.3, -0.25) is 14.5 Å². The predicted octanol–water partition coefficient (Wildman–Crippen LogP) is 5.61. The number of amides is 1. The molecule has 5 nitrogen and oxygen atoms in total. The summed E-state index contributed by atoms with van der Waals surface area (Å²) in [6, 6.07) is 8.87. The third-order valence-corrected chi connectivity index (χ3v) is 6.98. The van der Waals surface area contributed by atoms with Crippen LogP contribution in [0.1, 0.15) is 18.4 Å². The van der Waals surface area contributed by atoms with Crippen LogP contribution in [0.15, 0.2) is 51.4 Å². The normalized spacial score (nSPS) is 15.4. The van der Waals surface area contributed by atoms with Gasteiger partial charge in [-0.05, 0) is 36.8 Å². The molecule has 1 aromatic carbocycles. The molecule has 0 bridgehead atoms. The highest BCUT2D eigenvalue weighted by Crippen LogP contribution is 2.38. The summed E-state index contributed by atoms with van der Waals surface area (Å²) in [5.41, 5.74) is 0.759. The van der Waals surface area contributed by atoms with Crippen LogP contribution in [0.4, 0.5) is 0 Å². The Kier molecular flexibility index (Phi) is 7.59. The molecule has 150 valence electrons. The van der Waals surface area contributed by atoms with Crippen molar-refractivity contribution in [1.29, 1.82) is 0 Å². The number of carboxylic acids is 1. The molecule has 0 aliphatic carbocycles. The number of hydrogen-bond acceptors (Lipinski definition) is 6. The molecule has 10 heteroatoms. The molecule has 0 saturated carbocycles. The number of aromatic nitrogens is 1. The summed E-state index contributed by atoms with van der Waals surface area (Å²) < 4.78 is 0.422. The number of aliphatic carboxylic acids is 1. The van der Waals surface area contributed by atoms with Crippen molar-refractivity contribution in [3.63, 3.8) is 0 Å². The van der Waals surface area contributed by atoms with E-state index < -0.39 is 5.97 Å². The number of thiocarbonyl (C=S) groups is 1. The molecule has 1 aliphatic heterocycles. The monoisotopic (exact) mass is 484 g/mol. The molecule has 0 unspecified atom stereocenters. The number of pyridine rings is 1. The van der Waals surface area contributed by atoms with Gasteiger partial charge >= 0.3 is 5.97 Å². The Morgan fingerprint density at radius 1 is 1.34 bits per heavy atom. The Balaban J connectivity index is 1.81. The largest absolute Gasteiger partial charge is 0.481 e. The molecule has 0 radical (unpaired) electrons. The number of benzene rings is 1. The maximum Gasteiger partial charge on any atom is 0.303 e. The lowest BCUT2D eigenvalue weighted by atomic mass is 10.2. The average Bonchev–Trinajstić information content (AvgIpc) is 2.92. The molecular weight excluding hydrogens is 471 g/mol. The summed E-state index contributed by atoms with van der Waals surface area (Å²) in [5.74, 6) is -1.13. The molecular formula is C19H14Cl2N2O3S3. The third-order valence-electron chi connectivity index (χ3n) is 3.83. The van der Waals surface area contributed by atoms with Crippen molar-refractivity contribution in [2.45, 2.75) is 22.8 Å². The van der Waals surface area contributed by atoms with Gasteiger partial charge in [-0.25, -0.2) is 4.98 Å². The van der Waals surface area contributed by atoms with E-state index in [1.807, 2.05) is 12.1 Å². The number of carboxylic acid groups (broad SMARTS) is 1. The molecule has 2 heterocycles. The van der Waals surface area contributed by atoms with Crippen LogP contribution < -0.4 is 0 Å². The molecule has 0 atom stereocenters. The van der Waals surface area contributed by atoms with Gasteiger partial charge in [0.2, 0.25) is 0 Å². The standard InChI is InChI=1S/C19H14Cl2N2O3S3/c20-12-5-6-14(13(21)10-12)28-17-11(3-1-7-22-17)9-15-18(26)23(19(27)29-15)8-2-4-16(24)25/h1,3,5-7,9-10H,2,4,8H2,(H,24,25)/b15-9-. The van der Waals surface area contributed by atoms with Crippen LogP contribution >= 0.6 is 58.9 Å². The number of thioether (sulfide) groups is 1. The first kappa shape index (κ1) is 22.1. The molecule has 1 fully saturated rings. The Labute approximate surface area is 191 Å². The summed E-state index contributed by atoms with van der Waals surface area (Å²) >= 11 is 20.1. The summed E-state index contributed by atoms with van der Waals surface area (Å²) in [6.45, 7) is 0.281. The Bertz CT molecular complexity index is 1010. The fraction of sp³-hybridized carbons (Fsp3) is 0.158. The van der Waals surface area contributed by atoms with Gasteiger partial charge in [-0.1, -0.05) is 65.0 Å². The van der Waals surface area contributed by atoms with E-state index in [9.17, 15) is 9.59 Å². The number of nitrogens with zero attached hydrogens (tertiary/aromatic N) is 2. The lowest BCUT2D eigenvalue weighted by molar-refractivity contribution is -0.137. The van der Waals surface area contributed by atoms with Crippen molar-refractivity contribution >= 4 is 81.2 Å². The third kappa shape index (κ3) is 5.73. The molecule has 1 aliphatic rings. The smallest absolute Gasteiger partial charge is 0.303 e.